The highest BCUT2D eigenvalue weighted by Crippen LogP contribution is 2.55. The van der Waals surface area contributed by atoms with E-state index in [1.54, 1.807) is 0 Å². The normalized spacial score (nSPS) is 37.3. The third-order valence-electron chi connectivity index (χ3n) is 5.36. The van der Waals surface area contributed by atoms with E-state index in [4.69, 9.17) is 0 Å². The Hall–Kier alpha value is 0.820. The van der Waals surface area contributed by atoms with Gasteiger partial charge in [0.15, 0.2) is 0 Å². The smallest absolute Gasteiger partial charge is 0.000917 e. The van der Waals surface area contributed by atoms with Gasteiger partial charge in [-0.1, -0.05) is 43.5 Å². The number of nitrogens with one attached hydrogen (secondary N) is 1. The van der Waals surface area contributed by atoms with E-state index in [0.717, 1.165) is 22.6 Å². The minimum absolute atomic E-state index is 0.331. The lowest BCUT2D eigenvalue weighted by atomic mass is 10.2. The second-order valence-corrected chi connectivity index (χ2v) is 13.3. The van der Waals surface area contributed by atoms with Gasteiger partial charge in [-0.05, 0) is 73.7 Å². The lowest BCUT2D eigenvalue weighted by Crippen LogP contribution is -2.23. The average molecular weight is 301 g/mol. The summed E-state index contributed by atoms with van der Waals surface area (Å²) < 4.78 is 0. The molecule has 0 bridgehead atoms. The highest BCUT2D eigenvalue weighted by atomic mass is 31.1. The monoisotopic (exact) mass is 301 g/mol. The van der Waals surface area contributed by atoms with E-state index < -0.39 is 0 Å². The minimum Gasteiger partial charge on any atom is -0.316 e. The lowest BCUT2D eigenvalue weighted by molar-refractivity contribution is 0.764. The first-order chi connectivity index (χ1) is 9.09. The van der Waals surface area contributed by atoms with Crippen LogP contribution in [0.5, 0.6) is 0 Å². The molecular weight excluding hydrogens is 268 g/mol. The second-order valence-electron chi connectivity index (χ2n) is 6.78. The molecule has 2 aliphatic heterocycles. The van der Waals surface area contributed by atoms with Crippen molar-refractivity contribution in [2.75, 3.05) is 25.4 Å². The van der Waals surface area contributed by atoms with Gasteiger partial charge in [-0.15, -0.1) is 0 Å². The molecule has 3 heteroatoms. The number of hydrogen-bond acceptors (Lipinski definition) is 1. The topological polar surface area (TPSA) is 12.0 Å². The molecule has 112 valence electrons. The molecule has 1 N–H and O–H groups in total. The van der Waals surface area contributed by atoms with E-state index in [1.165, 1.54) is 51.1 Å². The van der Waals surface area contributed by atoms with Gasteiger partial charge in [-0.2, -0.15) is 0 Å². The van der Waals surface area contributed by atoms with Gasteiger partial charge < -0.3 is 5.32 Å². The average Bonchev–Trinajstić information content (AvgIpc) is 2.86. The van der Waals surface area contributed by atoms with Crippen molar-refractivity contribution in [3.63, 3.8) is 0 Å². The first-order valence-electron chi connectivity index (χ1n) is 8.31. The predicted octanol–water partition coefficient (Wildman–Crippen LogP) is 4.68. The molecule has 1 nitrogen and oxygen atoms in total. The standard InChI is InChI=1S/C16H33NP2/c1-13-5-6-14(2)18(13)11-9-17-10-12-19-15(3)7-8-16(19)4/h13-17H,5-12H2,1-4H3/t13-,14-,15+,16+. The zero-order valence-corrected chi connectivity index (χ0v) is 15.1. The summed E-state index contributed by atoms with van der Waals surface area (Å²) in [5.74, 6) is 0. The van der Waals surface area contributed by atoms with Crippen LogP contribution in [0.2, 0.25) is 0 Å². The van der Waals surface area contributed by atoms with Crippen LogP contribution in [-0.2, 0) is 0 Å². The fraction of sp³-hybridized carbons (Fsp3) is 1.00. The summed E-state index contributed by atoms with van der Waals surface area (Å²) in [5, 5.41) is 3.75. The van der Waals surface area contributed by atoms with Crippen molar-refractivity contribution in [2.45, 2.75) is 76.0 Å². The third-order valence-corrected chi connectivity index (χ3v) is 12.4. The first kappa shape index (κ1) is 16.2. The molecule has 0 radical (unpaired) electrons. The van der Waals surface area contributed by atoms with Gasteiger partial charge in [0.05, 0.1) is 0 Å². The van der Waals surface area contributed by atoms with Gasteiger partial charge in [0.25, 0.3) is 0 Å². The molecule has 2 aliphatic rings. The van der Waals surface area contributed by atoms with Crippen molar-refractivity contribution in [1.82, 2.24) is 5.32 Å². The molecule has 19 heavy (non-hydrogen) atoms. The van der Waals surface area contributed by atoms with Gasteiger partial charge in [0.1, 0.15) is 0 Å². The Labute approximate surface area is 123 Å². The van der Waals surface area contributed by atoms with E-state index >= 15 is 0 Å². The molecule has 0 spiro atoms. The van der Waals surface area contributed by atoms with Crippen LogP contribution in [0.4, 0.5) is 0 Å². The molecule has 2 saturated heterocycles. The molecular formula is C16H33NP2. The van der Waals surface area contributed by atoms with Gasteiger partial charge in [0, 0.05) is 0 Å². The van der Waals surface area contributed by atoms with Gasteiger partial charge in [-0.3, -0.25) is 0 Å². The highest BCUT2D eigenvalue weighted by Gasteiger charge is 2.30. The molecule has 0 aromatic carbocycles. The predicted molar refractivity (Wildman–Crippen MR) is 92.8 cm³/mol. The summed E-state index contributed by atoms with van der Waals surface area (Å²) in [4.78, 5) is 0. The van der Waals surface area contributed by atoms with Crippen molar-refractivity contribution in [2.24, 2.45) is 0 Å². The van der Waals surface area contributed by atoms with E-state index in [0.29, 0.717) is 15.8 Å². The Kier molecular flexibility index (Phi) is 6.58. The van der Waals surface area contributed by atoms with Crippen molar-refractivity contribution < 1.29 is 0 Å². The first-order valence-corrected chi connectivity index (χ1v) is 11.6. The number of hydrogen-bond donors (Lipinski definition) is 1. The van der Waals surface area contributed by atoms with Crippen LogP contribution < -0.4 is 5.32 Å². The second kappa shape index (κ2) is 7.72. The zero-order chi connectivity index (χ0) is 13.8. The van der Waals surface area contributed by atoms with Crippen molar-refractivity contribution in [3.05, 3.63) is 0 Å². The van der Waals surface area contributed by atoms with E-state index in [9.17, 15) is 0 Å². The summed E-state index contributed by atoms with van der Waals surface area (Å²) in [7, 11) is 0.662. The Balaban J connectivity index is 1.57. The number of rotatable bonds is 6. The molecule has 0 saturated carbocycles. The van der Waals surface area contributed by atoms with Crippen LogP contribution in [0, 0.1) is 0 Å². The van der Waals surface area contributed by atoms with E-state index in [-0.39, 0.29) is 0 Å². The summed E-state index contributed by atoms with van der Waals surface area (Å²) >= 11 is 0. The maximum absolute atomic E-state index is 3.75. The van der Waals surface area contributed by atoms with Crippen molar-refractivity contribution in [3.8, 4) is 0 Å². The fourth-order valence-corrected chi connectivity index (χ4v) is 10.2. The van der Waals surface area contributed by atoms with Crippen LogP contribution in [0.1, 0.15) is 53.4 Å². The van der Waals surface area contributed by atoms with E-state index in [2.05, 4.69) is 33.0 Å². The summed E-state index contributed by atoms with van der Waals surface area (Å²) in [6, 6.07) is 0. The Morgan fingerprint density at radius 1 is 0.684 bits per heavy atom. The molecule has 2 heterocycles. The molecule has 4 atom stereocenters. The Morgan fingerprint density at radius 2 is 1.00 bits per heavy atom. The van der Waals surface area contributed by atoms with Crippen LogP contribution in [0.25, 0.3) is 0 Å². The van der Waals surface area contributed by atoms with Crippen LogP contribution >= 0.6 is 15.8 Å². The Morgan fingerprint density at radius 3 is 1.32 bits per heavy atom. The molecule has 0 aliphatic carbocycles. The van der Waals surface area contributed by atoms with Gasteiger partial charge >= 0.3 is 0 Å². The van der Waals surface area contributed by atoms with Crippen LogP contribution in [0.3, 0.4) is 0 Å². The molecule has 0 amide bonds. The fourth-order valence-electron chi connectivity index (χ4n) is 3.92. The molecule has 0 unspecified atom stereocenters. The summed E-state index contributed by atoms with van der Waals surface area (Å²) in [6.45, 7) is 12.5. The maximum Gasteiger partial charge on any atom is -0.000917 e. The third kappa shape index (κ3) is 4.39. The SMILES string of the molecule is C[C@@H]1CC[C@@H](C)P1CCNCCP1[C@@H](C)CC[C@@H]1C. The highest BCUT2D eigenvalue weighted by molar-refractivity contribution is 7.59. The lowest BCUT2D eigenvalue weighted by Gasteiger charge is -2.23. The molecule has 2 rings (SSSR count). The Bertz CT molecular complexity index is 225. The minimum atomic E-state index is 0.331. The van der Waals surface area contributed by atoms with Gasteiger partial charge in [0.2, 0.25) is 0 Å². The van der Waals surface area contributed by atoms with Crippen LogP contribution in [-0.4, -0.2) is 48.0 Å². The summed E-state index contributed by atoms with van der Waals surface area (Å²) in [5.41, 5.74) is 4.13. The van der Waals surface area contributed by atoms with Crippen molar-refractivity contribution >= 4 is 15.8 Å². The van der Waals surface area contributed by atoms with Crippen molar-refractivity contribution in [1.29, 1.82) is 0 Å². The molecule has 0 aromatic rings. The van der Waals surface area contributed by atoms with E-state index in [1.807, 2.05) is 0 Å². The quantitative estimate of drug-likeness (QED) is 0.555. The maximum atomic E-state index is 3.75. The van der Waals surface area contributed by atoms with Crippen LogP contribution in [0.15, 0.2) is 0 Å². The largest absolute Gasteiger partial charge is 0.316 e. The van der Waals surface area contributed by atoms with Gasteiger partial charge in [-0.25, -0.2) is 0 Å². The molecule has 2 fully saturated rings. The zero-order valence-electron chi connectivity index (χ0n) is 13.4. The summed E-state index contributed by atoms with van der Waals surface area (Å²) in [6.07, 6.45) is 8.92. The molecule has 0 aromatic heterocycles.